The summed E-state index contributed by atoms with van der Waals surface area (Å²) in [7, 11) is 0. The summed E-state index contributed by atoms with van der Waals surface area (Å²) in [5.41, 5.74) is 1.57. The van der Waals surface area contributed by atoms with Gasteiger partial charge in [0.25, 0.3) is 0 Å². The molecule has 0 aliphatic carbocycles. The van der Waals surface area contributed by atoms with E-state index in [2.05, 4.69) is 28.1 Å². The van der Waals surface area contributed by atoms with Crippen LogP contribution in [0.25, 0.3) is 10.8 Å². The summed E-state index contributed by atoms with van der Waals surface area (Å²) in [5, 5.41) is 2.35. The van der Waals surface area contributed by atoms with Gasteiger partial charge < -0.3 is 4.90 Å². The van der Waals surface area contributed by atoms with Crippen molar-refractivity contribution in [3.8, 4) is 0 Å². The molecule has 2 nitrogen and oxygen atoms in total. The number of rotatable bonds is 4. The van der Waals surface area contributed by atoms with Crippen LogP contribution in [0.5, 0.6) is 0 Å². The van der Waals surface area contributed by atoms with Crippen LogP contribution in [0.15, 0.2) is 60.9 Å². The first-order valence-corrected chi connectivity index (χ1v) is 9.71. The molecule has 0 amide bonds. The maximum atomic E-state index is 12.9. The smallest absolute Gasteiger partial charge is 0.303 e. The second-order valence-corrected chi connectivity index (χ2v) is 7.55. The minimum atomic E-state index is -4.27. The number of halogens is 3. The van der Waals surface area contributed by atoms with E-state index < -0.39 is 11.7 Å². The molecule has 0 N–H and O–H groups in total. The van der Waals surface area contributed by atoms with Crippen molar-refractivity contribution in [2.45, 2.75) is 31.4 Å². The van der Waals surface area contributed by atoms with E-state index in [1.165, 1.54) is 23.1 Å². The third-order valence-corrected chi connectivity index (χ3v) is 5.69. The van der Waals surface area contributed by atoms with Crippen LogP contribution in [0.2, 0.25) is 0 Å². The maximum absolute atomic E-state index is 12.9. The predicted molar refractivity (Wildman–Crippen MR) is 105 cm³/mol. The molecule has 0 radical (unpaired) electrons. The summed E-state index contributed by atoms with van der Waals surface area (Å²) in [5.74, 6) is 0.213. The first-order valence-electron chi connectivity index (χ1n) is 9.71. The van der Waals surface area contributed by atoms with Crippen molar-refractivity contribution in [1.29, 1.82) is 0 Å². The van der Waals surface area contributed by atoms with Gasteiger partial charge in [-0.15, -0.1) is 0 Å². The average Bonchev–Trinajstić information content (AvgIpc) is 2.72. The third-order valence-electron chi connectivity index (χ3n) is 5.69. The van der Waals surface area contributed by atoms with Crippen LogP contribution < -0.4 is 0 Å². The van der Waals surface area contributed by atoms with E-state index in [0.717, 1.165) is 55.9 Å². The van der Waals surface area contributed by atoms with Gasteiger partial charge in [0.15, 0.2) is 0 Å². The van der Waals surface area contributed by atoms with Crippen LogP contribution in [0.4, 0.5) is 13.2 Å². The first-order chi connectivity index (χ1) is 13.5. The number of fused-ring (bicyclic) bond motifs is 1. The predicted octanol–water partition coefficient (Wildman–Crippen LogP) is 5.68. The van der Waals surface area contributed by atoms with Crippen molar-refractivity contribution in [3.63, 3.8) is 0 Å². The number of hydrogen-bond donors (Lipinski definition) is 0. The fraction of sp³-hybridized carbons (Fsp3) is 0.348. The monoisotopic (exact) mass is 384 g/mol. The maximum Gasteiger partial charge on any atom is 0.416 e. The zero-order chi connectivity index (χ0) is 19.6. The SMILES string of the molecule is FC(F)(F)c1cccc(C2CCN(CCc3ccc4ccncc4c3)CC2)c1. The number of nitrogens with zero attached hydrogens (tertiary/aromatic N) is 2. The van der Waals surface area contributed by atoms with Gasteiger partial charge in [-0.3, -0.25) is 4.98 Å². The Kier molecular flexibility index (Phi) is 5.36. The highest BCUT2D eigenvalue weighted by Gasteiger charge is 2.31. The number of benzene rings is 2. The number of piperidine rings is 1. The van der Waals surface area contributed by atoms with Gasteiger partial charge in [-0.05, 0) is 73.0 Å². The fourth-order valence-electron chi connectivity index (χ4n) is 4.04. The van der Waals surface area contributed by atoms with Crippen LogP contribution in [0.3, 0.4) is 0 Å². The molecular weight excluding hydrogens is 361 g/mol. The largest absolute Gasteiger partial charge is 0.416 e. The second-order valence-electron chi connectivity index (χ2n) is 7.55. The minimum Gasteiger partial charge on any atom is -0.303 e. The second kappa shape index (κ2) is 7.92. The van der Waals surface area contributed by atoms with Gasteiger partial charge in [0.1, 0.15) is 0 Å². The Bertz CT molecular complexity index is 944. The van der Waals surface area contributed by atoms with Crippen LogP contribution in [-0.4, -0.2) is 29.5 Å². The molecule has 0 unspecified atom stereocenters. The molecule has 0 bridgehead atoms. The molecule has 1 aliphatic rings. The Hall–Kier alpha value is -2.40. The molecule has 0 spiro atoms. The van der Waals surface area contributed by atoms with Gasteiger partial charge in [0.2, 0.25) is 0 Å². The van der Waals surface area contributed by atoms with Crippen molar-refractivity contribution in [1.82, 2.24) is 9.88 Å². The van der Waals surface area contributed by atoms with Crippen LogP contribution >= 0.6 is 0 Å². The lowest BCUT2D eigenvalue weighted by atomic mass is 9.88. The third kappa shape index (κ3) is 4.36. The highest BCUT2D eigenvalue weighted by Crippen LogP contribution is 2.34. The first kappa shape index (κ1) is 18.9. The highest BCUT2D eigenvalue weighted by molar-refractivity contribution is 5.81. The number of alkyl halides is 3. The van der Waals surface area contributed by atoms with E-state index in [1.807, 2.05) is 18.3 Å². The Morgan fingerprint density at radius 2 is 1.79 bits per heavy atom. The molecule has 0 saturated carbocycles. The number of aromatic nitrogens is 1. The molecule has 1 fully saturated rings. The van der Waals surface area contributed by atoms with Crippen molar-refractivity contribution >= 4 is 10.8 Å². The Morgan fingerprint density at radius 1 is 0.964 bits per heavy atom. The number of likely N-dealkylation sites (tertiary alicyclic amines) is 1. The molecule has 4 rings (SSSR count). The molecule has 2 heterocycles. The molecule has 28 heavy (non-hydrogen) atoms. The Morgan fingerprint density at radius 3 is 2.57 bits per heavy atom. The molecule has 1 saturated heterocycles. The van der Waals surface area contributed by atoms with E-state index in [4.69, 9.17) is 0 Å². The number of pyridine rings is 1. The summed E-state index contributed by atoms with van der Waals surface area (Å²) in [6.07, 6.45) is 2.20. The van der Waals surface area contributed by atoms with E-state index in [9.17, 15) is 13.2 Å². The highest BCUT2D eigenvalue weighted by atomic mass is 19.4. The van der Waals surface area contributed by atoms with Crippen LogP contribution in [-0.2, 0) is 12.6 Å². The summed E-state index contributed by atoms with van der Waals surface area (Å²) < 4.78 is 38.8. The van der Waals surface area contributed by atoms with E-state index in [0.29, 0.717) is 0 Å². The van der Waals surface area contributed by atoms with Crippen molar-refractivity contribution in [3.05, 3.63) is 77.6 Å². The van der Waals surface area contributed by atoms with Gasteiger partial charge in [0, 0.05) is 24.3 Å². The summed E-state index contributed by atoms with van der Waals surface area (Å²) >= 11 is 0. The van der Waals surface area contributed by atoms with Gasteiger partial charge in [-0.2, -0.15) is 13.2 Å². The van der Waals surface area contributed by atoms with E-state index in [-0.39, 0.29) is 5.92 Å². The van der Waals surface area contributed by atoms with Gasteiger partial charge >= 0.3 is 6.18 Å². The quantitative estimate of drug-likeness (QED) is 0.576. The van der Waals surface area contributed by atoms with Crippen LogP contribution in [0, 0.1) is 0 Å². The molecule has 5 heteroatoms. The van der Waals surface area contributed by atoms with Crippen molar-refractivity contribution < 1.29 is 13.2 Å². The normalized spacial score (nSPS) is 16.5. The molecule has 1 aromatic heterocycles. The van der Waals surface area contributed by atoms with Gasteiger partial charge in [-0.1, -0.05) is 30.3 Å². The average molecular weight is 384 g/mol. The van der Waals surface area contributed by atoms with Gasteiger partial charge in [0.05, 0.1) is 5.56 Å². The standard InChI is InChI=1S/C23H23F3N2/c24-23(25,26)22-3-1-2-20(15-22)19-8-12-28(13-9-19)11-7-17-4-5-18-6-10-27-16-21(18)14-17/h1-6,10,14-16,19H,7-9,11-13H2. The molecule has 1 aliphatic heterocycles. The van der Waals surface area contributed by atoms with Crippen LogP contribution in [0.1, 0.15) is 35.4 Å². The Balaban J connectivity index is 1.33. The van der Waals surface area contributed by atoms with E-state index >= 15 is 0 Å². The minimum absolute atomic E-state index is 0.213. The summed E-state index contributed by atoms with van der Waals surface area (Å²) in [6, 6.07) is 14.3. The van der Waals surface area contributed by atoms with E-state index in [1.54, 1.807) is 6.20 Å². The zero-order valence-corrected chi connectivity index (χ0v) is 15.6. The fourth-order valence-corrected chi connectivity index (χ4v) is 4.04. The molecule has 146 valence electrons. The van der Waals surface area contributed by atoms with Crippen molar-refractivity contribution in [2.24, 2.45) is 0 Å². The lowest BCUT2D eigenvalue weighted by Gasteiger charge is -2.32. The lowest BCUT2D eigenvalue weighted by Crippen LogP contribution is -2.34. The topological polar surface area (TPSA) is 16.1 Å². The molecule has 0 atom stereocenters. The zero-order valence-electron chi connectivity index (χ0n) is 15.6. The lowest BCUT2D eigenvalue weighted by molar-refractivity contribution is -0.137. The van der Waals surface area contributed by atoms with Gasteiger partial charge in [-0.25, -0.2) is 0 Å². The van der Waals surface area contributed by atoms with Crippen molar-refractivity contribution in [2.75, 3.05) is 19.6 Å². The molecular formula is C23H23F3N2. The molecule has 2 aromatic carbocycles. The summed E-state index contributed by atoms with van der Waals surface area (Å²) in [4.78, 5) is 6.60. The summed E-state index contributed by atoms with van der Waals surface area (Å²) in [6.45, 7) is 2.83. The number of hydrogen-bond acceptors (Lipinski definition) is 2. The molecule has 3 aromatic rings. The Labute approximate surface area is 163 Å².